The molecule has 5 heterocycles. The van der Waals surface area contributed by atoms with Crippen LogP contribution in [0.25, 0.3) is 11.0 Å². The van der Waals surface area contributed by atoms with E-state index in [0.29, 0.717) is 37.1 Å². The molecule has 3 aromatic heterocycles. The van der Waals surface area contributed by atoms with Crippen LogP contribution >= 0.6 is 0 Å². The Kier molecular flexibility index (Phi) is 7.40. The van der Waals surface area contributed by atoms with E-state index in [-0.39, 0.29) is 11.7 Å². The number of carboxylic acid groups (broad SMARTS) is 1. The van der Waals surface area contributed by atoms with Gasteiger partial charge in [0, 0.05) is 30.5 Å². The van der Waals surface area contributed by atoms with E-state index in [4.69, 9.17) is 24.7 Å². The van der Waals surface area contributed by atoms with Crippen molar-refractivity contribution in [2.24, 2.45) is 0 Å². The van der Waals surface area contributed by atoms with E-state index in [2.05, 4.69) is 26.6 Å². The monoisotopic (exact) mass is 538 g/mol. The maximum Gasteiger partial charge on any atom is 0.335 e. The van der Waals surface area contributed by atoms with Gasteiger partial charge in [-0.3, -0.25) is 9.88 Å². The van der Waals surface area contributed by atoms with Gasteiger partial charge in [0.05, 0.1) is 47.0 Å². The van der Waals surface area contributed by atoms with Crippen LogP contribution in [0.1, 0.15) is 58.3 Å². The predicted octanol–water partition coefficient (Wildman–Crippen LogP) is 4.14. The Morgan fingerprint density at radius 1 is 1.12 bits per heavy atom. The molecule has 1 aromatic carbocycles. The Morgan fingerprint density at radius 2 is 1.98 bits per heavy atom. The van der Waals surface area contributed by atoms with Crippen molar-refractivity contribution in [3.63, 3.8) is 0 Å². The van der Waals surface area contributed by atoms with Crippen LogP contribution in [-0.2, 0) is 24.4 Å². The van der Waals surface area contributed by atoms with Crippen molar-refractivity contribution in [3.05, 3.63) is 83.1 Å². The second-order valence-corrected chi connectivity index (χ2v) is 10.3. The topological polar surface area (TPSA) is 126 Å². The molecular weight excluding hydrogens is 508 g/mol. The Balaban J connectivity index is 1.10. The minimum atomic E-state index is -0.938. The first-order chi connectivity index (χ1) is 19.6. The number of hydrogen-bond donors (Lipinski definition) is 1. The minimum absolute atomic E-state index is 0.142. The van der Waals surface area contributed by atoms with E-state index in [0.717, 1.165) is 67.2 Å². The highest BCUT2D eigenvalue weighted by molar-refractivity contribution is 5.92. The van der Waals surface area contributed by atoms with Gasteiger partial charge in [-0.25, -0.2) is 14.8 Å². The molecule has 10 nitrogen and oxygen atoms in total. The molecule has 0 spiro atoms. The van der Waals surface area contributed by atoms with Crippen LogP contribution in [0, 0.1) is 11.3 Å². The molecule has 6 rings (SSSR count). The van der Waals surface area contributed by atoms with Gasteiger partial charge >= 0.3 is 5.97 Å². The predicted molar refractivity (Wildman–Crippen MR) is 146 cm³/mol. The van der Waals surface area contributed by atoms with Crippen LogP contribution in [-0.4, -0.2) is 61.3 Å². The number of carboxylic acids is 1. The standard InChI is InChI=1S/C30H30N6O4/c31-15-20-4-6-23(32-16-20)19-40-29-3-1-2-25(34-29)21-8-11-35(12-9-21)18-28-33-26-7-5-22(30(37)38)14-27(26)36(28)17-24-10-13-39-24/h1-7,14,16,21,24H,8-13,17-19H2,(H,37,38)/t24-/m0/s1. The number of piperidine rings is 1. The van der Waals surface area contributed by atoms with Gasteiger partial charge in [-0.2, -0.15) is 5.26 Å². The van der Waals surface area contributed by atoms with E-state index in [1.807, 2.05) is 12.1 Å². The number of ether oxygens (including phenoxy) is 2. The second kappa shape index (κ2) is 11.4. The molecule has 10 heteroatoms. The van der Waals surface area contributed by atoms with Gasteiger partial charge in [-0.05, 0) is 68.8 Å². The summed E-state index contributed by atoms with van der Waals surface area (Å²) >= 11 is 0. The smallest absolute Gasteiger partial charge is 0.335 e. The molecule has 2 fully saturated rings. The molecule has 0 amide bonds. The summed E-state index contributed by atoms with van der Waals surface area (Å²) in [5, 5.41) is 18.4. The van der Waals surface area contributed by atoms with E-state index in [1.165, 1.54) is 0 Å². The fourth-order valence-electron chi connectivity index (χ4n) is 5.31. The molecule has 1 N–H and O–H groups in total. The Labute approximate surface area is 231 Å². The molecule has 0 saturated carbocycles. The quantitative estimate of drug-likeness (QED) is 0.334. The zero-order chi connectivity index (χ0) is 27.5. The average Bonchev–Trinajstić information content (AvgIpc) is 3.30. The van der Waals surface area contributed by atoms with Crippen molar-refractivity contribution < 1.29 is 19.4 Å². The molecule has 4 aromatic rings. The molecule has 0 unspecified atom stereocenters. The number of fused-ring (bicyclic) bond motifs is 1. The summed E-state index contributed by atoms with van der Waals surface area (Å²) in [6.07, 6.45) is 4.64. The summed E-state index contributed by atoms with van der Waals surface area (Å²) in [6.45, 7) is 4.27. The molecule has 0 aliphatic carbocycles. The molecule has 0 radical (unpaired) electrons. The number of pyridine rings is 2. The lowest BCUT2D eigenvalue weighted by Gasteiger charge is -2.32. The first kappa shape index (κ1) is 25.9. The third-order valence-electron chi connectivity index (χ3n) is 7.69. The highest BCUT2D eigenvalue weighted by Gasteiger charge is 2.26. The average molecular weight is 539 g/mol. The third-order valence-corrected chi connectivity index (χ3v) is 7.69. The Hall–Kier alpha value is -4.33. The number of imidazole rings is 1. The fourth-order valence-corrected chi connectivity index (χ4v) is 5.31. The van der Waals surface area contributed by atoms with Gasteiger partial charge in [-0.15, -0.1) is 0 Å². The summed E-state index contributed by atoms with van der Waals surface area (Å²) in [4.78, 5) is 27.9. The molecule has 1 atom stereocenters. The van der Waals surface area contributed by atoms with Gasteiger partial charge in [-0.1, -0.05) is 6.07 Å². The van der Waals surface area contributed by atoms with Gasteiger partial charge in [0.15, 0.2) is 0 Å². The summed E-state index contributed by atoms with van der Waals surface area (Å²) in [5.74, 6) is 0.912. The van der Waals surface area contributed by atoms with E-state index >= 15 is 0 Å². The summed E-state index contributed by atoms with van der Waals surface area (Å²) in [5.41, 5.74) is 4.22. The minimum Gasteiger partial charge on any atom is -0.478 e. The van der Waals surface area contributed by atoms with Crippen LogP contribution in [0.3, 0.4) is 0 Å². The van der Waals surface area contributed by atoms with Gasteiger partial charge < -0.3 is 19.1 Å². The number of aromatic carboxylic acids is 1. The number of nitrogens with zero attached hydrogens (tertiary/aromatic N) is 6. The van der Waals surface area contributed by atoms with Crippen molar-refractivity contribution in [1.29, 1.82) is 5.26 Å². The molecule has 204 valence electrons. The molecule has 40 heavy (non-hydrogen) atoms. The molecule has 2 aliphatic heterocycles. The highest BCUT2D eigenvalue weighted by Crippen LogP contribution is 2.30. The third kappa shape index (κ3) is 5.66. The zero-order valence-electron chi connectivity index (χ0n) is 22.1. The first-order valence-corrected chi connectivity index (χ1v) is 13.6. The Bertz CT molecular complexity index is 1550. The lowest BCUT2D eigenvalue weighted by molar-refractivity contribution is -0.0592. The summed E-state index contributed by atoms with van der Waals surface area (Å²) < 4.78 is 13.7. The Morgan fingerprint density at radius 3 is 2.67 bits per heavy atom. The number of hydrogen-bond acceptors (Lipinski definition) is 8. The lowest BCUT2D eigenvalue weighted by Crippen LogP contribution is -2.35. The van der Waals surface area contributed by atoms with Crippen molar-refractivity contribution in [2.75, 3.05) is 19.7 Å². The van der Waals surface area contributed by atoms with Crippen molar-refractivity contribution >= 4 is 17.0 Å². The van der Waals surface area contributed by atoms with E-state index in [9.17, 15) is 9.90 Å². The number of rotatable bonds is 9. The number of nitriles is 1. The van der Waals surface area contributed by atoms with Gasteiger partial charge in [0.25, 0.3) is 0 Å². The van der Waals surface area contributed by atoms with Crippen LogP contribution in [0.4, 0.5) is 0 Å². The first-order valence-electron chi connectivity index (χ1n) is 13.6. The summed E-state index contributed by atoms with van der Waals surface area (Å²) in [6, 6.07) is 16.6. The number of aromatic nitrogens is 4. The highest BCUT2D eigenvalue weighted by atomic mass is 16.5. The molecule has 2 aliphatic rings. The number of benzene rings is 1. The van der Waals surface area contributed by atoms with Gasteiger partial charge in [0.2, 0.25) is 5.88 Å². The van der Waals surface area contributed by atoms with Crippen LogP contribution in [0.15, 0.2) is 54.7 Å². The second-order valence-electron chi connectivity index (χ2n) is 10.3. The van der Waals surface area contributed by atoms with Crippen molar-refractivity contribution in [3.8, 4) is 11.9 Å². The fraction of sp³-hybridized carbons (Fsp3) is 0.367. The van der Waals surface area contributed by atoms with E-state index < -0.39 is 5.97 Å². The van der Waals surface area contributed by atoms with Crippen molar-refractivity contribution in [2.45, 2.75) is 51.0 Å². The zero-order valence-corrected chi connectivity index (χ0v) is 22.1. The SMILES string of the molecule is N#Cc1ccc(COc2cccc(C3CCN(Cc4nc5ccc(C(=O)O)cc5n4C[C@@H]4CCO4)CC3)n2)nc1. The van der Waals surface area contributed by atoms with E-state index in [1.54, 1.807) is 36.5 Å². The van der Waals surface area contributed by atoms with Crippen molar-refractivity contribution in [1.82, 2.24) is 24.4 Å². The molecule has 0 bridgehead atoms. The van der Waals surface area contributed by atoms with Crippen LogP contribution < -0.4 is 4.74 Å². The lowest BCUT2D eigenvalue weighted by atomic mass is 9.93. The molecular formula is C30H30N6O4. The summed E-state index contributed by atoms with van der Waals surface area (Å²) in [7, 11) is 0. The number of carbonyl (C=O) groups is 1. The normalized spacial score (nSPS) is 17.8. The van der Waals surface area contributed by atoms with Gasteiger partial charge in [0.1, 0.15) is 18.5 Å². The van der Waals surface area contributed by atoms with Crippen LogP contribution in [0.2, 0.25) is 0 Å². The van der Waals surface area contributed by atoms with Crippen LogP contribution in [0.5, 0.6) is 5.88 Å². The largest absolute Gasteiger partial charge is 0.478 e. The molecule has 2 saturated heterocycles. The maximum atomic E-state index is 11.6. The maximum absolute atomic E-state index is 11.6. The number of likely N-dealkylation sites (tertiary alicyclic amines) is 1.